The van der Waals surface area contributed by atoms with E-state index < -0.39 is 6.04 Å². The molecule has 3 aromatic rings. The summed E-state index contributed by atoms with van der Waals surface area (Å²) in [6, 6.07) is 14.2. The van der Waals surface area contributed by atoms with Gasteiger partial charge in [0, 0.05) is 30.3 Å². The monoisotopic (exact) mass is 533 g/mol. The normalized spacial score (nSPS) is 15.9. The number of H-pyrrole nitrogens is 1. The van der Waals surface area contributed by atoms with Gasteiger partial charge in [-0.3, -0.25) is 24.5 Å². The topological polar surface area (TPSA) is 132 Å². The van der Waals surface area contributed by atoms with Gasteiger partial charge in [0.2, 0.25) is 11.8 Å². The first-order chi connectivity index (χ1) is 18.4. The second-order valence-electron chi connectivity index (χ2n) is 8.77. The minimum absolute atomic E-state index is 0.0143. The molecule has 3 N–H and O–H groups in total. The number of rotatable bonds is 8. The third kappa shape index (κ3) is 5.65. The summed E-state index contributed by atoms with van der Waals surface area (Å²) in [5.74, 6) is -0.268. The number of benzene rings is 2. The Bertz CT molecular complexity index is 1450. The molecule has 0 spiro atoms. The second kappa shape index (κ2) is 11.0. The number of thioether (sulfide) groups is 1. The lowest BCUT2D eigenvalue weighted by atomic mass is 10.1. The largest absolute Gasteiger partial charge is 0.352 e. The lowest BCUT2D eigenvalue weighted by Crippen LogP contribution is -2.41. The molecule has 0 saturated carbocycles. The van der Waals surface area contributed by atoms with Crippen molar-refractivity contribution in [1.82, 2.24) is 20.4 Å². The number of aliphatic imine (C=N–C) groups is 2. The number of aryl methyl sites for hydroxylation is 1. The van der Waals surface area contributed by atoms with Crippen molar-refractivity contribution in [3.8, 4) is 0 Å². The van der Waals surface area contributed by atoms with Crippen molar-refractivity contribution >= 4 is 52.0 Å². The Balaban J connectivity index is 1.23. The fraction of sp³-hybridized carbons (Fsp3) is 0.231. The van der Waals surface area contributed by atoms with Gasteiger partial charge in [-0.25, -0.2) is 14.3 Å². The van der Waals surface area contributed by atoms with E-state index >= 15 is 0 Å². The quantitative estimate of drug-likeness (QED) is 0.409. The first kappa shape index (κ1) is 25.3. The van der Waals surface area contributed by atoms with Crippen LogP contribution >= 0.6 is 11.8 Å². The number of anilines is 1. The number of hydrogen-bond donors (Lipinski definition) is 3. The number of hydrogen-bond acceptors (Lipinski definition) is 7. The van der Waals surface area contributed by atoms with Gasteiger partial charge in [0.1, 0.15) is 17.7 Å². The summed E-state index contributed by atoms with van der Waals surface area (Å²) in [7, 11) is 0. The molecule has 2 aliphatic heterocycles. The fourth-order valence-corrected chi connectivity index (χ4v) is 4.84. The predicted molar refractivity (Wildman–Crippen MR) is 143 cm³/mol. The summed E-state index contributed by atoms with van der Waals surface area (Å²) in [5, 5.41) is 12.6. The lowest BCUT2D eigenvalue weighted by Gasteiger charge is -2.25. The van der Waals surface area contributed by atoms with Gasteiger partial charge < -0.3 is 10.6 Å². The molecule has 38 heavy (non-hydrogen) atoms. The Labute approximate surface area is 221 Å². The van der Waals surface area contributed by atoms with Crippen LogP contribution in [-0.2, 0) is 20.9 Å². The number of carbonyl (C=O) groups excluding carboxylic acids is 3. The molecule has 0 bridgehead atoms. The van der Waals surface area contributed by atoms with E-state index in [9.17, 15) is 18.8 Å². The minimum Gasteiger partial charge on any atom is -0.352 e. The highest BCUT2D eigenvalue weighted by Crippen LogP contribution is 2.34. The molecule has 0 aliphatic carbocycles. The predicted octanol–water partition coefficient (Wildman–Crippen LogP) is 3.28. The number of nitrogens with one attached hydrogen (secondary N) is 3. The van der Waals surface area contributed by atoms with E-state index in [0.717, 1.165) is 23.0 Å². The molecule has 3 heterocycles. The van der Waals surface area contributed by atoms with Crippen LogP contribution in [0, 0.1) is 12.7 Å². The zero-order valence-corrected chi connectivity index (χ0v) is 21.2. The van der Waals surface area contributed by atoms with Gasteiger partial charge in [0.15, 0.2) is 11.0 Å². The highest BCUT2D eigenvalue weighted by Gasteiger charge is 2.41. The zero-order chi connectivity index (χ0) is 26.6. The van der Waals surface area contributed by atoms with E-state index in [0.29, 0.717) is 28.1 Å². The van der Waals surface area contributed by atoms with E-state index in [4.69, 9.17) is 0 Å². The van der Waals surface area contributed by atoms with Gasteiger partial charge in [0.05, 0.1) is 11.4 Å². The van der Waals surface area contributed by atoms with Gasteiger partial charge in [-0.2, -0.15) is 5.10 Å². The number of aromatic nitrogens is 2. The third-order valence-electron chi connectivity index (χ3n) is 5.90. The van der Waals surface area contributed by atoms with Crippen LogP contribution in [0.2, 0.25) is 0 Å². The van der Waals surface area contributed by atoms with Gasteiger partial charge in [-0.1, -0.05) is 36.0 Å². The smallest absolute Gasteiger partial charge is 0.259 e. The average Bonchev–Trinajstić information content (AvgIpc) is 3.48. The molecule has 1 atom stereocenters. The number of fused-ring (bicyclic) bond motifs is 3. The number of halogens is 1. The van der Waals surface area contributed by atoms with E-state index in [1.54, 1.807) is 18.2 Å². The second-order valence-corrected chi connectivity index (χ2v) is 9.71. The Hall–Kier alpha value is -4.32. The van der Waals surface area contributed by atoms with E-state index in [1.807, 2.05) is 31.2 Å². The maximum absolute atomic E-state index is 13.4. The number of nitrogens with zero attached hydrogens (tertiary/aromatic N) is 4. The lowest BCUT2D eigenvalue weighted by molar-refractivity contribution is -0.125. The summed E-state index contributed by atoms with van der Waals surface area (Å²) in [6.07, 6.45) is 0.308. The van der Waals surface area contributed by atoms with Crippen LogP contribution in [0.1, 0.15) is 29.7 Å². The maximum atomic E-state index is 13.4. The van der Waals surface area contributed by atoms with Gasteiger partial charge in [0.25, 0.3) is 5.91 Å². The molecule has 0 radical (unpaired) electrons. The van der Waals surface area contributed by atoms with Crippen molar-refractivity contribution in [3.05, 3.63) is 77.2 Å². The summed E-state index contributed by atoms with van der Waals surface area (Å²) in [5.41, 5.74) is 2.96. The number of aromatic amines is 1. The van der Waals surface area contributed by atoms with Crippen LogP contribution in [0.5, 0.6) is 0 Å². The van der Waals surface area contributed by atoms with Gasteiger partial charge >= 0.3 is 0 Å². The molecular weight excluding hydrogens is 509 g/mol. The van der Waals surface area contributed by atoms with Crippen LogP contribution in [-0.4, -0.2) is 55.6 Å². The molecule has 12 heteroatoms. The standard InChI is InChI=1S/C26H24FN7O3S/c1-15-12-21(33-32-15)31-23(36)14-38-26-30-19-5-3-2-4-18(19)24-29-20(25(37)34(24)26)10-11-22(35)28-13-16-6-8-17(27)9-7-16/h2-9,12,20H,10-11,13-14H2,1H3,(H,28,35)(H2,31,32,33,36). The molecule has 0 fully saturated rings. The summed E-state index contributed by atoms with van der Waals surface area (Å²) in [4.78, 5) is 48.9. The fourth-order valence-electron chi connectivity index (χ4n) is 4.04. The minimum atomic E-state index is -0.751. The number of amides is 3. The van der Waals surface area contributed by atoms with E-state index in [-0.39, 0.29) is 48.7 Å². The van der Waals surface area contributed by atoms with Crippen molar-refractivity contribution < 1.29 is 18.8 Å². The Morgan fingerprint density at radius 2 is 1.92 bits per heavy atom. The van der Waals surface area contributed by atoms with Crippen molar-refractivity contribution in [1.29, 1.82) is 0 Å². The van der Waals surface area contributed by atoms with E-state index in [1.165, 1.54) is 17.0 Å². The molecule has 3 amide bonds. The molecule has 5 rings (SSSR count). The highest BCUT2D eigenvalue weighted by molar-refractivity contribution is 8.14. The van der Waals surface area contributed by atoms with Crippen LogP contribution in [0.4, 0.5) is 15.9 Å². The highest BCUT2D eigenvalue weighted by atomic mass is 32.2. The molecule has 1 unspecified atom stereocenters. The Morgan fingerprint density at radius 1 is 1.13 bits per heavy atom. The van der Waals surface area contributed by atoms with Crippen molar-refractivity contribution in [2.75, 3.05) is 11.1 Å². The average molecular weight is 534 g/mol. The summed E-state index contributed by atoms with van der Waals surface area (Å²) < 4.78 is 13.1. The molecule has 2 aromatic carbocycles. The Kier molecular flexibility index (Phi) is 7.31. The Morgan fingerprint density at radius 3 is 2.68 bits per heavy atom. The molecule has 1 aromatic heterocycles. The van der Waals surface area contributed by atoms with E-state index in [2.05, 4.69) is 30.8 Å². The van der Waals surface area contributed by atoms with Crippen LogP contribution < -0.4 is 10.6 Å². The number of para-hydroxylation sites is 1. The SMILES string of the molecule is Cc1cc(NC(=O)CSC2=Nc3ccccc3C3=NC(CCC(=O)NCc4ccc(F)cc4)C(=O)N23)n[nH]1. The van der Waals surface area contributed by atoms with Crippen LogP contribution in [0.25, 0.3) is 0 Å². The first-order valence-corrected chi connectivity index (χ1v) is 12.9. The molecule has 10 nitrogen and oxygen atoms in total. The third-order valence-corrected chi connectivity index (χ3v) is 6.84. The molecule has 0 saturated heterocycles. The summed E-state index contributed by atoms with van der Waals surface area (Å²) >= 11 is 1.13. The van der Waals surface area contributed by atoms with Crippen LogP contribution in [0.15, 0.2) is 64.6 Å². The van der Waals surface area contributed by atoms with Crippen molar-refractivity contribution in [3.63, 3.8) is 0 Å². The molecular formula is C26H24FN7O3S. The first-order valence-electron chi connectivity index (χ1n) is 11.9. The maximum Gasteiger partial charge on any atom is 0.259 e. The summed E-state index contributed by atoms with van der Waals surface area (Å²) in [6.45, 7) is 2.09. The number of carbonyl (C=O) groups is 3. The molecule has 2 aliphatic rings. The van der Waals surface area contributed by atoms with Gasteiger partial charge in [-0.15, -0.1) is 0 Å². The van der Waals surface area contributed by atoms with Gasteiger partial charge in [-0.05, 0) is 43.2 Å². The van der Waals surface area contributed by atoms with Crippen LogP contribution in [0.3, 0.4) is 0 Å². The zero-order valence-electron chi connectivity index (χ0n) is 20.4. The van der Waals surface area contributed by atoms with Crippen molar-refractivity contribution in [2.24, 2.45) is 9.98 Å². The van der Waals surface area contributed by atoms with Crippen molar-refractivity contribution in [2.45, 2.75) is 32.4 Å². The number of amidine groups is 2. The molecule has 194 valence electrons.